The van der Waals surface area contributed by atoms with Crippen molar-refractivity contribution in [3.63, 3.8) is 0 Å². The lowest BCUT2D eigenvalue weighted by Gasteiger charge is -2.23. The Kier molecular flexibility index (Phi) is 3.88. The number of carbonyl (C=O) groups is 1. The van der Waals surface area contributed by atoms with Gasteiger partial charge in [0.1, 0.15) is 0 Å². The molecule has 1 atom stereocenters. The van der Waals surface area contributed by atoms with Crippen molar-refractivity contribution in [1.29, 1.82) is 0 Å². The Morgan fingerprint density at radius 2 is 1.90 bits per heavy atom. The molecule has 1 N–H and O–H groups in total. The smallest absolute Gasteiger partial charge is 0.227 e. The number of halogens is 1. The van der Waals surface area contributed by atoms with Crippen LogP contribution in [-0.2, 0) is 17.6 Å². The fraction of sp³-hybridized carbons (Fsp3) is 0.235. The molecular formula is C17H16BrNO. The first-order valence-corrected chi connectivity index (χ1v) is 7.65. The number of benzene rings is 2. The van der Waals surface area contributed by atoms with Gasteiger partial charge in [0, 0.05) is 16.1 Å². The normalized spacial score (nSPS) is 17.4. The summed E-state index contributed by atoms with van der Waals surface area (Å²) in [5.41, 5.74) is 3.55. The third kappa shape index (κ3) is 2.93. The van der Waals surface area contributed by atoms with Crippen LogP contribution in [0.4, 0.5) is 5.69 Å². The zero-order valence-corrected chi connectivity index (χ0v) is 12.7. The fourth-order valence-corrected chi connectivity index (χ4v) is 3.13. The van der Waals surface area contributed by atoms with E-state index in [1.807, 2.05) is 30.3 Å². The summed E-state index contributed by atoms with van der Waals surface area (Å²) in [6.45, 7) is 0. The Balaban J connectivity index is 1.70. The van der Waals surface area contributed by atoms with Gasteiger partial charge in [-0.2, -0.15) is 0 Å². The molecule has 1 aliphatic carbocycles. The first-order chi connectivity index (χ1) is 9.72. The molecule has 0 fully saturated rings. The molecule has 3 heteroatoms. The standard InChI is InChI=1S/C17H16BrNO/c18-15-6-3-7-16(11-15)19-17(20)14-9-8-12-4-1-2-5-13(12)10-14/h1-7,11,14H,8-10H2,(H,19,20). The van der Waals surface area contributed by atoms with Gasteiger partial charge < -0.3 is 5.32 Å². The first kappa shape index (κ1) is 13.4. The number of nitrogens with one attached hydrogen (secondary N) is 1. The molecule has 1 unspecified atom stereocenters. The fourth-order valence-electron chi connectivity index (χ4n) is 2.73. The molecule has 0 spiro atoms. The van der Waals surface area contributed by atoms with E-state index < -0.39 is 0 Å². The van der Waals surface area contributed by atoms with Crippen LogP contribution in [0.2, 0.25) is 0 Å². The summed E-state index contributed by atoms with van der Waals surface area (Å²) in [7, 11) is 0. The summed E-state index contributed by atoms with van der Waals surface area (Å²) >= 11 is 3.42. The van der Waals surface area contributed by atoms with E-state index in [2.05, 4.69) is 39.4 Å². The van der Waals surface area contributed by atoms with Gasteiger partial charge in [-0.3, -0.25) is 4.79 Å². The minimum atomic E-state index is 0.0730. The minimum absolute atomic E-state index is 0.0730. The second-order valence-corrected chi connectivity index (χ2v) is 6.12. The third-order valence-electron chi connectivity index (χ3n) is 3.81. The molecule has 0 bridgehead atoms. The molecular weight excluding hydrogens is 314 g/mol. The summed E-state index contributed by atoms with van der Waals surface area (Å²) in [6, 6.07) is 16.1. The molecule has 2 aromatic rings. The van der Waals surface area contributed by atoms with Crippen LogP contribution in [0.3, 0.4) is 0 Å². The quantitative estimate of drug-likeness (QED) is 0.879. The number of carbonyl (C=O) groups excluding carboxylic acids is 1. The van der Waals surface area contributed by atoms with E-state index in [9.17, 15) is 4.79 Å². The summed E-state index contributed by atoms with van der Waals surface area (Å²) in [4.78, 5) is 12.4. The van der Waals surface area contributed by atoms with Crippen molar-refractivity contribution in [2.24, 2.45) is 5.92 Å². The topological polar surface area (TPSA) is 29.1 Å². The van der Waals surface area contributed by atoms with Gasteiger partial charge in [-0.1, -0.05) is 46.3 Å². The molecule has 0 saturated carbocycles. The zero-order valence-electron chi connectivity index (χ0n) is 11.1. The minimum Gasteiger partial charge on any atom is -0.326 e. The van der Waals surface area contributed by atoms with Crippen molar-refractivity contribution < 1.29 is 4.79 Å². The number of hydrogen-bond acceptors (Lipinski definition) is 1. The summed E-state index contributed by atoms with van der Waals surface area (Å²) in [6.07, 6.45) is 2.76. The molecule has 3 rings (SSSR count). The van der Waals surface area contributed by atoms with Crippen molar-refractivity contribution in [2.45, 2.75) is 19.3 Å². The molecule has 0 heterocycles. The van der Waals surface area contributed by atoms with Gasteiger partial charge in [-0.05, 0) is 48.6 Å². The maximum Gasteiger partial charge on any atom is 0.227 e. The second kappa shape index (κ2) is 5.80. The third-order valence-corrected chi connectivity index (χ3v) is 4.30. The van der Waals surface area contributed by atoms with Crippen LogP contribution >= 0.6 is 15.9 Å². The number of amides is 1. The summed E-state index contributed by atoms with van der Waals surface area (Å²) in [5.74, 6) is 0.196. The lowest BCUT2D eigenvalue weighted by Crippen LogP contribution is -2.28. The highest BCUT2D eigenvalue weighted by atomic mass is 79.9. The molecule has 102 valence electrons. The monoisotopic (exact) mass is 329 g/mol. The number of aryl methyl sites for hydroxylation is 1. The van der Waals surface area contributed by atoms with Crippen molar-refractivity contribution >= 4 is 27.5 Å². The molecule has 20 heavy (non-hydrogen) atoms. The lowest BCUT2D eigenvalue weighted by atomic mass is 9.83. The van der Waals surface area contributed by atoms with E-state index in [-0.39, 0.29) is 11.8 Å². The van der Waals surface area contributed by atoms with Crippen LogP contribution in [0.1, 0.15) is 17.5 Å². The molecule has 1 aliphatic rings. The van der Waals surface area contributed by atoms with Crippen molar-refractivity contribution in [1.82, 2.24) is 0 Å². The molecule has 0 saturated heterocycles. The SMILES string of the molecule is O=C(Nc1cccc(Br)c1)C1CCc2ccccc2C1. The van der Waals surface area contributed by atoms with Gasteiger partial charge in [0.25, 0.3) is 0 Å². The van der Waals surface area contributed by atoms with Crippen molar-refractivity contribution in [3.8, 4) is 0 Å². The van der Waals surface area contributed by atoms with E-state index in [0.717, 1.165) is 29.4 Å². The zero-order chi connectivity index (χ0) is 13.9. The van der Waals surface area contributed by atoms with E-state index in [0.29, 0.717) is 0 Å². The average Bonchev–Trinajstić information content (AvgIpc) is 2.47. The van der Waals surface area contributed by atoms with Crippen LogP contribution in [-0.4, -0.2) is 5.91 Å². The van der Waals surface area contributed by atoms with Crippen LogP contribution in [0.5, 0.6) is 0 Å². The molecule has 2 aromatic carbocycles. The second-order valence-electron chi connectivity index (χ2n) is 5.21. The maximum atomic E-state index is 12.4. The van der Waals surface area contributed by atoms with Crippen LogP contribution in [0, 0.1) is 5.92 Å². The van der Waals surface area contributed by atoms with Crippen molar-refractivity contribution in [3.05, 3.63) is 64.1 Å². The van der Waals surface area contributed by atoms with E-state index in [4.69, 9.17) is 0 Å². The van der Waals surface area contributed by atoms with E-state index >= 15 is 0 Å². The number of rotatable bonds is 2. The Hall–Kier alpha value is -1.61. The lowest BCUT2D eigenvalue weighted by molar-refractivity contribution is -0.120. The highest BCUT2D eigenvalue weighted by molar-refractivity contribution is 9.10. The van der Waals surface area contributed by atoms with Crippen molar-refractivity contribution in [2.75, 3.05) is 5.32 Å². The predicted octanol–water partition coefficient (Wildman–Crippen LogP) is 4.19. The van der Waals surface area contributed by atoms with E-state index in [1.165, 1.54) is 11.1 Å². The molecule has 0 aromatic heterocycles. The average molecular weight is 330 g/mol. The highest BCUT2D eigenvalue weighted by Crippen LogP contribution is 2.26. The van der Waals surface area contributed by atoms with Crippen LogP contribution in [0.25, 0.3) is 0 Å². The summed E-state index contributed by atoms with van der Waals surface area (Å²) in [5, 5.41) is 3.01. The highest BCUT2D eigenvalue weighted by Gasteiger charge is 2.24. The van der Waals surface area contributed by atoms with Gasteiger partial charge in [-0.15, -0.1) is 0 Å². The van der Waals surface area contributed by atoms with Gasteiger partial charge in [-0.25, -0.2) is 0 Å². The van der Waals surface area contributed by atoms with Gasteiger partial charge >= 0.3 is 0 Å². The Labute approximate surface area is 127 Å². The predicted molar refractivity (Wildman–Crippen MR) is 84.7 cm³/mol. The van der Waals surface area contributed by atoms with Gasteiger partial charge in [0.2, 0.25) is 5.91 Å². The van der Waals surface area contributed by atoms with Crippen LogP contribution < -0.4 is 5.32 Å². The number of anilines is 1. The first-order valence-electron chi connectivity index (χ1n) is 6.85. The van der Waals surface area contributed by atoms with E-state index in [1.54, 1.807) is 0 Å². The Morgan fingerprint density at radius 1 is 1.10 bits per heavy atom. The molecule has 0 aliphatic heterocycles. The summed E-state index contributed by atoms with van der Waals surface area (Å²) < 4.78 is 0.976. The Bertz CT molecular complexity index is 638. The number of fused-ring (bicyclic) bond motifs is 1. The largest absolute Gasteiger partial charge is 0.326 e. The Morgan fingerprint density at radius 3 is 2.70 bits per heavy atom. The molecule has 2 nitrogen and oxygen atoms in total. The van der Waals surface area contributed by atoms with Crippen LogP contribution in [0.15, 0.2) is 53.0 Å². The van der Waals surface area contributed by atoms with Gasteiger partial charge in [0.15, 0.2) is 0 Å². The number of hydrogen-bond donors (Lipinski definition) is 1. The molecule has 0 radical (unpaired) electrons. The maximum absolute atomic E-state index is 12.4. The van der Waals surface area contributed by atoms with Gasteiger partial charge in [0.05, 0.1) is 0 Å². The molecule has 1 amide bonds.